The van der Waals surface area contributed by atoms with Gasteiger partial charge in [-0.3, -0.25) is 9.78 Å². The van der Waals surface area contributed by atoms with Crippen LogP contribution in [0.5, 0.6) is 0 Å². The number of carbonyl (C=O) groups is 2. The van der Waals surface area contributed by atoms with Gasteiger partial charge in [-0.05, 0) is 52.9 Å². The van der Waals surface area contributed by atoms with Crippen LogP contribution in [0.25, 0.3) is 0 Å². The minimum absolute atomic E-state index is 0.000853. The second-order valence-electron chi connectivity index (χ2n) is 7.53. The highest BCUT2D eigenvalue weighted by Crippen LogP contribution is 2.23. The average molecular weight is 363 g/mol. The lowest BCUT2D eigenvalue weighted by molar-refractivity contribution is 0.00759. The van der Waals surface area contributed by atoms with E-state index in [1.807, 2.05) is 25.7 Å². The molecule has 7 nitrogen and oxygen atoms in total. The second kappa shape index (κ2) is 9.62. The summed E-state index contributed by atoms with van der Waals surface area (Å²) in [6, 6.07) is 0.179. The summed E-state index contributed by atoms with van der Waals surface area (Å²) in [5, 5.41) is 0. The normalized spacial score (nSPS) is 17.8. The van der Waals surface area contributed by atoms with Gasteiger partial charge < -0.3 is 14.4 Å². The number of rotatable bonds is 7. The maximum Gasteiger partial charge on any atom is 0.410 e. The van der Waals surface area contributed by atoms with E-state index in [0.717, 1.165) is 38.6 Å². The lowest BCUT2D eigenvalue weighted by Gasteiger charge is -2.36. The molecule has 1 aromatic heterocycles. The maximum absolute atomic E-state index is 12.4. The summed E-state index contributed by atoms with van der Waals surface area (Å²) >= 11 is 0. The number of hydrogen-bond donors (Lipinski definition) is 0. The number of carbonyl (C=O) groups excluding carboxylic acids is 2. The Morgan fingerprint density at radius 1 is 1.27 bits per heavy atom. The molecule has 1 fully saturated rings. The number of Topliss-reactive ketones (excluding diaryl/α,β-unsaturated/α-hetero) is 1. The van der Waals surface area contributed by atoms with Gasteiger partial charge in [-0.25, -0.2) is 9.78 Å². The van der Waals surface area contributed by atoms with Crippen molar-refractivity contribution < 1.29 is 19.1 Å². The second-order valence-corrected chi connectivity index (χ2v) is 7.53. The summed E-state index contributed by atoms with van der Waals surface area (Å²) in [5.41, 5.74) is -0.168. The van der Waals surface area contributed by atoms with Gasteiger partial charge in [-0.2, -0.15) is 0 Å². The van der Waals surface area contributed by atoms with Crippen molar-refractivity contribution >= 4 is 11.9 Å². The molecule has 1 saturated heterocycles. The molecule has 0 spiro atoms. The summed E-state index contributed by atoms with van der Waals surface area (Å²) in [6.07, 6.45) is 8.97. The highest BCUT2D eigenvalue weighted by molar-refractivity contribution is 5.94. The Labute approximate surface area is 155 Å². The number of ketones is 1. The van der Waals surface area contributed by atoms with Crippen molar-refractivity contribution in [1.29, 1.82) is 0 Å². The highest BCUT2D eigenvalue weighted by atomic mass is 16.6. The molecule has 0 radical (unpaired) electrons. The molecule has 0 saturated carbocycles. The molecule has 2 rings (SSSR count). The maximum atomic E-state index is 12.4. The van der Waals surface area contributed by atoms with E-state index in [2.05, 4.69) is 9.97 Å². The number of ether oxygens (including phenoxy) is 2. The van der Waals surface area contributed by atoms with Gasteiger partial charge in [0.15, 0.2) is 0 Å². The molecule has 26 heavy (non-hydrogen) atoms. The molecular formula is C19H29N3O4. The predicted octanol–water partition coefficient (Wildman–Crippen LogP) is 3.25. The summed E-state index contributed by atoms with van der Waals surface area (Å²) in [4.78, 5) is 33.9. The molecule has 1 aliphatic rings. The number of piperidine rings is 1. The number of nitrogens with zero attached hydrogens (tertiary/aromatic N) is 3. The van der Waals surface area contributed by atoms with Gasteiger partial charge in [0, 0.05) is 31.6 Å². The van der Waals surface area contributed by atoms with Crippen molar-refractivity contribution in [3.8, 4) is 0 Å². The van der Waals surface area contributed by atoms with Crippen molar-refractivity contribution in [1.82, 2.24) is 14.9 Å². The summed E-state index contributed by atoms with van der Waals surface area (Å²) in [5.74, 6) is -0.175. The van der Waals surface area contributed by atoms with Gasteiger partial charge in [-0.1, -0.05) is 0 Å². The fourth-order valence-corrected chi connectivity index (χ4v) is 2.96. The molecule has 0 aromatic carbocycles. The standard InChI is InChI=1S/C19H29N3O4/c1-19(2,3)26-18(24)22-11-5-4-7-15(22)8-6-12-25-14-17(23)16-13-20-9-10-21-16/h9-10,13,15H,4-8,11-12,14H2,1-3H3. The molecule has 1 aromatic rings. The molecule has 7 heteroatoms. The third-order valence-electron chi connectivity index (χ3n) is 4.16. The largest absolute Gasteiger partial charge is 0.444 e. The van der Waals surface area contributed by atoms with E-state index in [9.17, 15) is 9.59 Å². The number of likely N-dealkylation sites (tertiary alicyclic amines) is 1. The van der Waals surface area contributed by atoms with E-state index in [0.29, 0.717) is 12.3 Å². The molecule has 1 atom stereocenters. The lowest BCUT2D eigenvalue weighted by Crippen LogP contribution is -2.46. The van der Waals surface area contributed by atoms with Crippen LogP contribution in [-0.4, -0.2) is 58.1 Å². The van der Waals surface area contributed by atoms with Crippen LogP contribution in [-0.2, 0) is 9.47 Å². The van der Waals surface area contributed by atoms with Crippen LogP contribution >= 0.6 is 0 Å². The van der Waals surface area contributed by atoms with Gasteiger partial charge in [0.1, 0.15) is 17.9 Å². The Balaban J connectivity index is 1.71. The number of amides is 1. The van der Waals surface area contributed by atoms with E-state index in [1.54, 1.807) is 0 Å². The molecule has 144 valence electrons. The topological polar surface area (TPSA) is 81.6 Å². The molecule has 0 aliphatic carbocycles. The molecule has 1 unspecified atom stereocenters. The quantitative estimate of drug-likeness (QED) is 0.546. The fourth-order valence-electron chi connectivity index (χ4n) is 2.96. The van der Waals surface area contributed by atoms with Crippen LogP contribution in [0.1, 0.15) is 63.4 Å². The van der Waals surface area contributed by atoms with E-state index in [-0.39, 0.29) is 24.5 Å². The monoisotopic (exact) mass is 363 g/mol. The number of aromatic nitrogens is 2. The minimum Gasteiger partial charge on any atom is -0.444 e. The van der Waals surface area contributed by atoms with Gasteiger partial charge >= 0.3 is 6.09 Å². The highest BCUT2D eigenvalue weighted by Gasteiger charge is 2.30. The zero-order valence-corrected chi connectivity index (χ0v) is 15.9. The van der Waals surface area contributed by atoms with E-state index >= 15 is 0 Å². The zero-order valence-electron chi connectivity index (χ0n) is 15.9. The van der Waals surface area contributed by atoms with Crippen molar-refractivity contribution in [2.45, 2.75) is 64.5 Å². The van der Waals surface area contributed by atoms with Crippen molar-refractivity contribution in [3.05, 3.63) is 24.3 Å². The zero-order chi connectivity index (χ0) is 19.0. The number of hydrogen-bond acceptors (Lipinski definition) is 6. The summed E-state index contributed by atoms with van der Waals surface area (Å²) in [6.45, 7) is 6.86. The Morgan fingerprint density at radius 2 is 2.08 bits per heavy atom. The minimum atomic E-state index is -0.483. The Morgan fingerprint density at radius 3 is 2.77 bits per heavy atom. The lowest BCUT2D eigenvalue weighted by atomic mass is 9.98. The van der Waals surface area contributed by atoms with Crippen molar-refractivity contribution in [2.75, 3.05) is 19.8 Å². The van der Waals surface area contributed by atoms with Gasteiger partial charge in [0.05, 0.1) is 6.20 Å². The smallest absolute Gasteiger partial charge is 0.410 e. The van der Waals surface area contributed by atoms with Gasteiger partial charge in [0.2, 0.25) is 5.78 Å². The molecule has 2 heterocycles. The Kier molecular flexibility index (Phi) is 7.50. The van der Waals surface area contributed by atoms with Crippen LogP contribution in [0.4, 0.5) is 4.79 Å². The molecular weight excluding hydrogens is 334 g/mol. The van der Waals surface area contributed by atoms with E-state index in [4.69, 9.17) is 9.47 Å². The average Bonchev–Trinajstić information content (AvgIpc) is 2.61. The molecule has 0 bridgehead atoms. The van der Waals surface area contributed by atoms with Crippen LogP contribution in [0.2, 0.25) is 0 Å². The first-order chi connectivity index (χ1) is 12.4. The summed E-state index contributed by atoms with van der Waals surface area (Å²) in [7, 11) is 0. The Bertz CT molecular complexity index is 586. The molecule has 1 aliphatic heterocycles. The Hall–Kier alpha value is -2.02. The fraction of sp³-hybridized carbons (Fsp3) is 0.684. The third kappa shape index (κ3) is 6.71. The van der Waals surface area contributed by atoms with Crippen LogP contribution < -0.4 is 0 Å². The van der Waals surface area contributed by atoms with Gasteiger partial charge in [0.25, 0.3) is 0 Å². The first-order valence-corrected chi connectivity index (χ1v) is 9.23. The SMILES string of the molecule is CC(C)(C)OC(=O)N1CCCCC1CCCOCC(=O)c1cnccn1. The molecule has 0 N–H and O–H groups in total. The summed E-state index contributed by atoms with van der Waals surface area (Å²) < 4.78 is 11.0. The van der Waals surface area contributed by atoms with Crippen molar-refractivity contribution in [2.24, 2.45) is 0 Å². The first kappa shape index (κ1) is 20.3. The predicted molar refractivity (Wildman–Crippen MR) is 97.0 cm³/mol. The third-order valence-corrected chi connectivity index (χ3v) is 4.16. The molecule has 1 amide bonds. The van der Waals surface area contributed by atoms with Crippen LogP contribution in [0.15, 0.2) is 18.6 Å². The van der Waals surface area contributed by atoms with Crippen LogP contribution in [0.3, 0.4) is 0 Å². The first-order valence-electron chi connectivity index (χ1n) is 9.23. The van der Waals surface area contributed by atoms with Crippen molar-refractivity contribution in [3.63, 3.8) is 0 Å². The van der Waals surface area contributed by atoms with E-state index in [1.165, 1.54) is 18.6 Å². The van der Waals surface area contributed by atoms with E-state index < -0.39 is 5.60 Å². The van der Waals surface area contributed by atoms with Gasteiger partial charge in [-0.15, -0.1) is 0 Å². The van der Waals surface area contributed by atoms with Crippen LogP contribution in [0, 0.1) is 0 Å².